The third-order valence-corrected chi connectivity index (χ3v) is 4.17. The molecule has 0 spiro atoms. The van der Waals surface area contributed by atoms with Crippen molar-refractivity contribution in [3.8, 4) is 0 Å². The van der Waals surface area contributed by atoms with Crippen molar-refractivity contribution in [1.82, 2.24) is 4.90 Å². The van der Waals surface area contributed by atoms with Gasteiger partial charge in [0.1, 0.15) is 6.04 Å². The van der Waals surface area contributed by atoms with Crippen LogP contribution >= 0.6 is 0 Å². The summed E-state index contributed by atoms with van der Waals surface area (Å²) in [6.07, 6.45) is 0. The van der Waals surface area contributed by atoms with Crippen LogP contribution in [0.15, 0.2) is 48.5 Å². The number of carbonyl (C=O) groups excluding carboxylic acids is 4. The number of esters is 1. The van der Waals surface area contributed by atoms with Gasteiger partial charge in [-0.25, -0.2) is 4.79 Å². The summed E-state index contributed by atoms with van der Waals surface area (Å²) in [5.41, 5.74) is 1.36. The number of anilines is 1. The standard InChI is InChI=1S/C19H16N2O5/c1-11(21-17(23)14-5-3-4-6-15(14)18(21)24)16(22)20-13-9-7-12(8-10-13)19(25)26-2/h3-11H,1-2H3,(H,20,22)/t11-/m1/s1. The Bertz CT molecular complexity index is 869. The summed E-state index contributed by atoms with van der Waals surface area (Å²) in [4.78, 5) is 49.7. The van der Waals surface area contributed by atoms with Crippen LogP contribution in [0.1, 0.15) is 38.0 Å². The quantitative estimate of drug-likeness (QED) is 0.672. The molecule has 1 heterocycles. The van der Waals surface area contributed by atoms with Crippen molar-refractivity contribution >= 4 is 29.4 Å². The molecule has 1 N–H and O–H groups in total. The van der Waals surface area contributed by atoms with Crippen molar-refractivity contribution < 1.29 is 23.9 Å². The van der Waals surface area contributed by atoms with Crippen LogP contribution in [0.2, 0.25) is 0 Å². The zero-order valence-corrected chi connectivity index (χ0v) is 14.2. The lowest BCUT2D eigenvalue weighted by atomic mass is 10.1. The maximum atomic E-state index is 12.5. The Morgan fingerprint density at radius 3 is 2.00 bits per heavy atom. The van der Waals surface area contributed by atoms with Gasteiger partial charge >= 0.3 is 5.97 Å². The molecule has 1 atom stereocenters. The Kier molecular flexibility index (Phi) is 4.53. The van der Waals surface area contributed by atoms with Gasteiger partial charge in [0.25, 0.3) is 11.8 Å². The number of imide groups is 1. The highest BCUT2D eigenvalue weighted by Gasteiger charge is 2.40. The average Bonchev–Trinajstić information content (AvgIpc) is 2.92. The number of amides is 3. The number of methoxy groups -OCH3 is 1. The molecule has 3 amide bonds. The van der Waals surface area contributed by atoms with Gasteiger partial charge in [-0.2, -0.15) is 0 Å². The molecule has 1 aliphatic rings. The molecule has 0 aromatic heterocycles. The van der Waals surface area contributed by atoms with Crippen LogP contribution in [-0.4, -0.2) is 41.7 Å². The molecule has 1 aliphatic heterocycles. The van der Waals surface area contributed by atoms with E-state index in [-0.39, 0.29) is 0 Å². The van der Waals surface area contributed by atoms with Crippen LogP contribution in [0.4, 0.5) is 5.69 Å². The van der Waals surface area contributed by atoms with Crippen LogP contribution in [0.3, 0.4) is 0 Å². The number of hydrogen-bond donors (Lipinski definition) is 1. The minimum absolute atomic E-state index is 0.291. The van der Waals surface area contributed by atoms with Crippen molar-refractivity contribution in [2.45, 2.75) is 13.0 Å². The van der Waals surface area contributed by atoms with E-state index in [1.54, 1.807) is 36.4 Å². The summed E-state index contributed by atoms with van der Waals surface area (Å²) in [5.74, 6) is -1.98. The van der Waals surface area contributed by atoms with Crippen LogP contribution < -0.4 is 5.32 Å². The summed E-state index contributed by atoms with van der Waals surface area (Å²) in [5, 5.41) is 2.63. The SMILES string of the molecule is COC(=O)c1ccc(NC(=O)[C@@H](C)N2C(=O)c3ccccc3C2=O)cc1. The number of benzene rings is 2. The molecule has 0 radical (unpaired) electrons. The molecule has 0 unspecified atom stereocenters. The Morgan fingerprint density at radius 1 is 0.962 bits per heavy atom. The second-order valence-electron chi connectivity index (χ2n) is 5.76. The first-order valence-corrected chi connectivity index (χ1v) is 7.90. The molecule has 3 rings (SSSR count). The first kappa shape index (κ1) is 17.3. The molecule has 7 nitrogen and oxygen atoms in total. The van der Waals surface area contributed by atoms with E-state index in [1.807, 2.05) is 0 Å². The molecular formula is C19H16N2O5. The first-order valence-electron chi connectivity index (χ1n) is 7.90. The third kappa shape index (κ3) is 2.95. The highest BCUT2D eigenvalue weighted by Crippen LogP contribution is 2.25. The lowest BCUT2D eigenvalue weighted by molar-refractivity contribution is -0.119. The molecule has 0 saturated carbocycles. The summed E-state index contributed by atoms with van der Waals surface area (Å²) in [6.45, 7) is 1.49. The van der Waals surface area contributed by atoms with Crippen LogP contribution in [0.5, 0.6) is 0 Å². The number of hydrogen-bond acceptors (Lipinski definition) is 5. The molecule has 2 aromatic rings. The molecule has 0 fully saturated rings. The van der Waals surface area contributed by atoms with Crippen molar-refractivity contribution in [1.29, 1.82) is 0 Å². The minimum atomic E-state index is -0.984. The number of ether oxygens (including phenoxy) is 1. The van der Waals surface area contributed by atoms with E-state index in [0.29, 0.717) is 22.4 Å². The van der Waals surface area contributed by atoms with E-state index in [4.69, 9.17) is 0 Å². The highest BCUT2D eigenvalue weighted by atomic mass is 16.5. The number of rotatable bonds is 4. The topological polar surface area (TPSA) is 92.8 Å². The summed E-state index contributed by atoms with van der Waals surface area (Å²) < 4.78 is 4.61. The zero-order chi connectivity index (χ0) is 18.8. The summed E-state index contributed by atoms with van der Waals surface area (Å²) in [7, 11) is 1.28. The number of carbonyl (C=O) groups is 4. The highest BCUT2D eigenvalue weighted by molar-refractivity contribution is 6.23. The lowest BCUT2D eigenvalue weighted by Gasteiger charge is -2.21. The van der Waals surface area contributed by atoms with Crippen LogP contribution in [0.25, 0.3) is 0 Å². The van der Waals surface area contributed by atoms with Gasteiger partial charge in [-0.1, -0.05) is 12.1 Å². The minimum Gasteiger partial charge on any atom is -0.465 e. The first-order chi connectivity index (χ1) is 12.4. The predicted molar refractivity (Wildman–Crippen MR) is 92.8 cm³/mol. The molecule has 0 saturated heterocycles. The van der Waals surface area contributed by atoms with E-state index in [2.05, 4.69) is 10.1 Å². The fourth-order valence-electron chi connectivity index (χ4n) is 2.73. The van der Waals surface area contributed by atoms with Gasteiger partial charge < -0.3 is 10.1 Å². The molecule has 26 heavy (non-hydrogen) atoms. The van der Waals surface area contributed by atoms with E-state index in [9.17, 15) is 19.2 Å². The Morgan fingerprint density at radius 2 is 1.50 bits per heavy atom. The number of fused-ring (bicyclic) bond motifs is 1. The van der Waals surface area contributed by atoms with Crippen LogP contribution in [0, 0.1) is 0 Å². The van der Waals surface area contributed by atoms with Gasteiger partial charge in [0.15, 0.2) is 0 Å². The fraction of sp³-hybridized carbons (Fsp3) is 0.158. The van der Waals surface area contributed by atoms with Crippen LogP contribution in [-0.2, 0) is 9.53 Å². The predicted octanol–water partition coefficient (Wildman–Crippen LogP) is 2.10. The second-order valence-corrected chi connectivity index (χ2v) is 5.76. The van der Waals surface area contributed by atoms with Gasteiger partial charge in [0.2, 0.25) is 5.91 Å². The van der Waals surface area contributed by atoms with Crippen molar-refractivity contribution in [3.05, 3.63) is 65.2 Å². The van der Waals surface area contributed by atoms with E-state index in [0.717, 1.165) is 4.90 Å². The van der Waals surface area contributed by atoms with Gasteiger partial charge in [0.05, 0.1) is 23.8 Å². The third-order valence-electron chi connectivity index (χ3n) is 4.17. The molecule has 7 heteroatoms. The number of nitrogens with zero attached hydrogens (tertiary/aromatic N) is 1. The maximum Gasteiger partial charge on any atom is 0.337 e. The van der Waals surface area contributed by atoms with Crippen molar-refractivity contribution in [2.75, 3.05) is 12.4 Å². The Hall–Kier alpha value is -3.48. The molecule has 2 aromatic carbocycles. The van der Waals surface area contributed by atoms with E-state index >= 15 is 0 Å². The smallest absolute Gasteiger partial charge is 0.337 e. The lowest BCUT2D eigenvalue weighted by Crippen LogP contribution is -2.45. The zero-order valence-electron chi connectivity index (χ0n) is 14.2. The molecule has 0 aliphatic carbocycles. The molecule has 132 valence electrons. The maximum absolute atomic E-state index is 12.5. The van der Waals surface area contributed by atoms with Gasteiger partial charge in [-0.15, -0.1) is 0 Å². The Labute approximate surface area is 149 Å². The molecule has 0 bridgehead atoms. The average molecular weight is 352 g/mol. The fourth-order valence-corrected chi connectivity index (χ4v) is 2.73. The molecular weight excluding hydrogens is 336 g/mol. The normalized spacial score (nSPS) is 14.0. The second kappa shape index (κ2) is 6.79. The summed E-state index contributed by atoms with van der Waals surface area (Å²) >= 11 is 0. The van der Waals surface area contributed by atoms with E-state index < -0.39 is 29.7 Å². The Balaban J connectivity index is 1.74. The summed E-state index contributed by atoms with van der Waals surface area (Å²) in [6, 6.07) is 11.6. The monoisotopic (exact) mass is 352 g/mol. The van der Waals surface area contributed by atoms with Gasteiger partial charge in [-0.3, -0.25) is 19.3 Å². The van der Waals surface area contributed by atoms with E-state index in [1.165, 1.54) is 26.2 Å². The van der Waals surface area contributed by atoms with Gasteiger partial charge in [-0.05, 0) is 43.3 Å². The van der Waals surface area contributed by atoms with Gasteiger partial charge in [0, 0.05) is 5.69 Å². The van der Waals surface area contributed by atoms with Crippen molar-refractivity contribution in [2.24, 2.45) is 0 Å². The largest absolute Gasteiger partial charge is 0.465 e. The van der Waals surface area contributed by atoms with Crippen molar-refractivity contribution in [3.63, 3.8) is 0 Å². The number of nitrogens with one attached hydrogen (secondary N) is 1.